The molecule has 0 unspecified atom stereocenters. The molecule has 0 bridgehead atoms. The molecule has 8 aromatic carbocycles. The first kappa shape index (κ1) is 31.7. The van der Waals surface area contributed by atoms with Gasteiger partial charge in [0.15, 0.2) is 0 Å². The van der Waals surface area contributed by atoms with Gasteiger partial charge in [0.05, 0.1) is 11.0 Å². The van der Waals surface area contributed by atoms with Crippen molar-refractivity contribution in [3.8, 4) is 39.3 Å². The zero-order valence-corrected chi connectivity index (χ0v) is 30.5. The fourth-order valence-corrected chi connectivity index (χ4v) is 9.10. The Morgan fingerprint density at radius 1 is 0.455 bits per heavy atom. The summed E-state index contributed by atoms with van der Waals surface area (Å²) in [7, 11) is 0. The van der Waals surface area contributed by atoms with E-state index in [2.05, 4.69) is 187 Å². The summed E-state index contributed by atoms with van der Waals surface area (Å²) in [5.41, 5.74) is 17.6. The minimum Gasteiger partial charge on any atom is -0.292 e. The van der Waals surface area contributed by atoms with Crippen molar-refractivity contribution in [2.45, 2.75) is 25.7 Å². The maximum atomic E-state index is 5.13. The van der Waals surface area contributed by atoms with Gasteiger partial charge in [-0.15, -0.1) is 0 Å². The van der Waals surface area contributed by atoms with E-state index in [0.717, 1.165) is 53.8 Å². The number of allylic oxidation sites excluding steroid dienone is 2. The van der Waals surface area contributed by atoms with Crippen molar-refractivity contribution >= 4 is 50.3 Å². The van der Waals surface area contributed by atoms with E-state index < -0.39 is 0 Å². The van der Waals surface area contributed by atoms with Gasteiger partial charge in [-0.2, -0.15) is 0 Å². The van der Waals surface area contributed by atoms with E-state index in [1.165, 1.54) is 77.2 Å². The first-order valence-corrected chi connectivity index (χ1v) is 19.5. The van der Waals surface area contributed by atoms with Crippen LogP contribution in [0.15, 0.2) is 170 Å². The summed E-state index contributed by atoms with van der Waals surface area (Å²) in [5.74, 6) is 0.945. The minimum atomic E-state index is 0.945. The molecule has 2 aliphatic rings. The van der Waals surface area contributed by atoms with Crippen LogP contribution in [0.2, 0.25) is 0 Å². The van der Waals surface area contributed by atoms with Gasteiger partial charge in [-0.1, -0.05) is 152 Å². The lowest BCUT2D eigenvalue weighted by Crippen LogP contribution is -2.01. The number of aromatic nitrogens is 2. The predicted octanol–water partition coefficient (Wildman–Crippen LogP) is 13.8. The van der Waals surface area contributed by atoms with Crippen LogP contribution in [0.5, 0.6) is 0 Å². The van der Waals surface area contributed by atoms with E-state index in [4.69, 9.17) is 4.98 Å². The lowest BCUT2D eigenvalue weighted by atomic mass is 9.80. The van der Waals surface area contributed by atoms with Crippen LogP contribution in [0, 0.1) is 0 Å². The fraction of sp³-hybridized carbons (Fsp3) is 0.0755. The van der Waals surface area contributed by atoms with E-state index in [9.17, 15) is 0 Å². The Balaban J connectivity index is 1.11. The molecule has 0 saturated heterocycles. The summed E-state index contributed by atoms with van der Waals surface area (Å²) >= 11 is 0. The third-order valence-electron chi connectivity index (χ3n) is 11.8. The maximum Gasteiger partial charge on any atom is 0.145 e. The normalized spacial score (nSPS) is 13.6. The summed E-state index contributed by atoms with van der Waals surface area (Å²) in [6.45, 7) is 0. The average molecular weight is 703 g/mol. The van der Waals surface area contributed by atoms with Crippen molar-refractivity contribution in [1.82, 2.24) is 9.55 Å². The molecular formula is C53H38N2. The molecule has 0 atom stereocenters. The number of aryl methyl sites for hydroxylation is 2. The van der Waals surface area contributed by atoms with E-state index in [1.807, 2.05) is 0 Å². The van der Waals surface area contributed by atoms with E-state index >= 15 is 0 Å². The molecule has 55 heavy (non-hydrogen) atoms. The fourth-order valence-electron chi connectivity index (χ4n) is 9.10. The minimum absolute atomic E-state index is 0.945. The number of para-hydroxylation sites is 3. The molecule has 260 valence electrons. The zero-order chi connectivity index (χ0) is 36.3. The summed E-state index contributed by atoms with van der Waals surface area (Å²) < 4.78 is 2.27. The molecule has 0 N–H and O–H groups in total. The molecule has 1 aromatic heterocycles. The Bertz CT molecular complexity index is 3010. The molecule has 0 amide bonds. The Hall–Kier alpha value is -6.77. The second-order valence-corrected chi connectivity index (χ2v) is 15.0. The number of rotatable bonds is 5. The van der Waals surface area contributed by atoms with Gasteiger partial charge in [0.2, 0.25) is 0 Å². The van der Waals surface area contributed by atoms with Gasteiger partial charge in [0, 0.05) is 11.3 Å². The van der Waals surface area contributed by atoms with Crippen LogP contribution >= 0.6 is 0 Å². The van der Waals surface area contributed by atoms with Crippen molar-refractivity contribution in [2.75, 3.05) is 0 Å². The topological polar surface area (TPSA) is 17.8 Å². The van der Waals surface area contributed by atoms with Crippen LogP contribution in [0.25, 0.3) is 89.6 Å². The van der Waals surface area contributed by atoms with Gasteiger partial charge in [0.25, 0.3) is 0 Å². The standard InChI is InChI=1S/C53H38N2/c1-2-16-44(17-3-1)55-50-21-11-10-20-49(50)54-53(55)38-26-22-37(23-27-38)41-30-31-47-48(34-41)52(43-29-25-36-13-5-7-15-40(36)33-43)46-19-9-8-18-45(46)51(47)42-28-24-35-12-4-6-14-39(35)32-42/h1-6,8-14,16-23,25-27,29-34H,7,15,24,28H2. The highest BCUT2D eigenvalue weighted by Gasteiger charge is 2.22. The molecule has 9 aromatic rings. The smallest absolute Gasteiger partial charge is 0.145 e. The molecular weight excluding hydrogens is 665 g/mol. The number of hydrogen-bond acceptors (Lipinski definition) is 1. The number of benzene rings is 8. The molecule has 0 saturated carbocycles. The second kappa shape index (κ2) is 13.0. The number of imidazole rings is 1. The highest BCUT2D eigenvalue weighted by Crippen LogP contribution is 2.46. The first-order chi connectivity index (χ1) is 27.3. The monoisotopic (exact) mass is 702 g/mol. The number of fused-ring (bicyclic) bond motifs is 5. The molecule has 2 nitrogen and oxygen atoms in total. The Kier molecular flexibility index (Phi) is 7.48. The summed E-state index contributed by atoms with van der Waals surface area (Å²) in [6.07, 6.45) is 11.3. The summed E-state index contributed by atoms with van der Waals surface area (Å²) in [4.78, 5) is 5.13. The predicted molar refractivity (Wildman–Crippen MR) is 232 cm³/mol. The maximum absolute atomic E-state index is 5.13. The highest BCUT2D eigenvalue weighted by molar-refractivity contribution is 6.20. The van der Waals surface area contributed by atoms with Crippen LogP contribution in [0.4, 0.5) is 0 Å². The van der Waals surface area contributed by atoms with Gasteiger partial charge in [-0.05, 0) is 133 Å². The van der Waals surface area contributed by atoms with Crippen LogP contribution in [0.1, 0.15) is 40.7 Å². The lowest BCUT2D eigenvalue weighted by Gasteiger charge is -2.23. The molecule has 0 radical (unpaired) electrons. The van der Waals surface area contributed by atoms with Gasteiger partial charge < -0.3 is 0 Å². The average Bonchev–Trinajstić information content (AvgIpc) is 3.65. The quantitative estimate of drug-likeness (QED) is 0.163. The number of hydrogen-bond donors (Lipinski definition) is 0. The Labute approximate surface area is 321 Å². The van der Waals surface area contributed by atoms with E-state index in [1.54, 1.807) is 0 Å². The van der Waals surface area contributed by atoms with Crippen LogP contribution in [-0.2, 0) is 12.8 Å². The van der Waals surface area contributed by atoms with Gasteiger partial charge >= 0.3 is 0 Å². The van der Waals surface area contributed by atoms with Gasteiger partial charge in [-0.3, -0.25) is 4.57 Å². The molecule has 2 heteroatoms. The van der Waals surface area contributed by atoms with Crippen molar-refractivity contribution in [2.24, 2.45) is 0 Å². The molecule has 0 fully saturated rings. The van der Waals surface area contributed by atoms with Crippen molar-refractivity contribution < 1.29 is 0 Å². The van der Waals surface area contributed by atoms with Crippen molar-refractivity contribution in [1.29, 1.82) is 0 Å². The third kappa shape index (κ3) is 5.36. The van der Waals surface area contributed by atoms with Crippen LogP contribution < -0.4 is 0 Å². The molecule has 0 spiro atoms. The molecule has 0 aliphatic heterocycles. The van der Waals surface area contributed by atoms with Gasteiger partial charge in [0.1, 0.15) is 5.82 Å². The second-order valence-electron chi connectivity index (χ2n) is 15.0. The van der Waals surface area contributed by atoms with Crippen LogP contribution in [-0.4, -0.2) is 9.55 Å². The zero-order valence-electron chi connectivity index (χ0n) is 30.5. The molecule has 2 aliphatic carbocycles. The van der Waals surface area contributed by atoms with Crippen molar-refractivity contribution in [3.63, 3.8) is 0 Å². The number of nitrogens with zero attached hydrogens (tertiary/aromatic N) is 2. The van der Waals surface area contributed by atoms with Crippen molar-refractivity contribution in [3.05, 3.63) is 198 Å². The molecule has 1 heterocycles. The van der Waals surface area contributed by atoms with Gasteiger partial charge in [-0.25, -0.2) is 4.98 Å². The van der Waals surface area contributed by atoms with Crippen LogP contribution in [0.3, 0.4) is 0 Å². The summed E-state index contributed by atoms with van der Waals surface area (Å²) in [5, 5.41) is 5.25. The SMILES string of the molecule is C1=Cc2ccc(-c3c4ccccc4c(C4=Cc5ccccc5CC4)c4ccc(-c5ccc(-c6nc7ccccc7n6-c6ccccc6)cc5)cc34)cc2CC1. The summed E-state index contributed by atoms with van der Waals surface area (Å²) in [6, 6.07) is 60.2. The first-order valence-electron chi connectivity index (χ1n) is 19.5. The lowest BCUT2D eigenvalue weighted by molar-refractivity contribution is 0.986. The highest BCUT2D eigenvalue weighted by atomic mass is 15.1. The Morgan fingerprint density at radius 2 is 1.16 bits per heavy atom. The largest absolute Gasteiger partial charge is 0.292 e. The molecule has 11 rings (SSSR count). The third-order valence-corrected chi connectivity index (χ3v) is 11.8. The van der Waals surface area contributed by atoms with E-state index in [0.29, 0.717) is 0 Å². The Morgan fingerprint density at radius 3 is 2.05 bits per heavy atom. The van der Waals surface area contributed by atoms with E-state index in [-0.39, 0.29) is 0 Å².